The Bertz CT molecular complexity index is 464. The largest absolute Gasteiger partial charge is 0.495 e. The van der Waals surface area contributed by atoms with Crippen LogP contribution in [0.25, 0.3) is 0 Å². The van der Waals surface area contributed by atoms with Crippen molar-refractivity contribution in [2.75, 3.05) is 39.1 Å². The van der Waals surface area contributed by atoms with Gasteiger partial charge < -0.3 is 25.2 Å². The van der Waals surface area contributed by atoms with Crippen molar-refractivity contribution in [1.29, 1.82) is 0 Å². The molecule has 1 heterocycles. The Hall–Kier alpha value is -1.79. The van der Waals surface area contributed by atoms with Gasteiger partial charge >= 0.3 is 0 Å². The molecule has 104 valence electrons. The van der Waals surface area contributed by atoms with Crippen LogP contribution in [0.3, 0.4) is 0 Å². The predicted octanol–water partition coefficient (Wildman–Crippen LogP) is 0.111. The second kappa shape index (κ2) is 5.90. The molecule has 1 fully saturated rings. The first kappa shape index (κ1) is 13.6. The first-order chi connectivity index (χ1) is 9.15. The fraction of sp³-hybridized carbons (Fsp3) is 0.462. The van der Waals surface area contributed by atoms with Crippen LogP contribution in [0.4, 0.5) is 5.69 Å². The molecule has 19 heavy (non-hydrogen) atoms. The van der Waals surface area contributed by atoms with Gasteiger partial charge in [-0.2, -0.15) is 0 Å². The van der Waals surface area contributed by atoms with Crippen molar-refractivity contribution in [2.24, 2.45) is 0 Å². The van der Waals surface area contributed by atoms with Crippen molar-refractivity contribution in [3.05, 3.63) is 23.8 Å². The lowest BCUT2D eigenvalue weighted by atomic mass is 10.1. The lowest BCUT2D eigenvalue weighted by molar-refractivity contribution is -0.0447. The van der Waals surface area contributed by atoms with Crippen LogP contribution >= 0.6 is 0 Å². The topological polar surface area (TPSA) is 85.0 Å². The third kappa shape index (κ3) is 2.97. The Balaban J connectivity index is 2.12. The minimum Gasteiger partial charge on any atom is -0.495 e. The lowest BCUT2D eigenvalue weighted by Gasteiger charge is -2.32. The average Bonchev–Trinajstić information content (AvgIpc) is 2.46. The summed E-state index contributed by atoms with van der Waals surface area (Å²) in [5.74, 6) is 0.433. The van der Waals surface area contributed by atoms with E-state index in [4.69, 9.17) is 20.3 Å². The van der Waals surface area contributed by atoms with E-state index < -0.39 is 0 Å². The molecule has 0 aromatic heterocycles. The summed E-state index contributed by atoms with van der Waals surface area (Å²) >= 11 is 0. The zero-order chi connectivity index (χ0) is 13.8. The number of nitrogen functional groups attached to an aromatic ring is 1. The van der Waals surface area contributed by atoms with Gasteiger partial charge in [-0.25, -0.2) is 0 Å². The number of amides is 1. The van der Waals surface area contributed by atoms with Crippen LogP contribution in [0, 0.1) is 0 Å². The number of morpholine rings is 1. The number of benzene rings is 1. The average molecular weight is 266 g/mol. The highest BCUT2D eigenvalue weighted by Gasteiger charge is 2.24. The maximum Gasteiger partial charge on any atom is 0.254 e. The second-order valence-corrected chi connectivity index (χ2v) is 4.38. The number of rotatable bonds is 3. The summed E-state index contributed by atoms with van der Waals surface area (Å²) in [5, 5.41) is 9.07. The van der Waals surface area contributed by atoms with Crippen LogP contribution in [0.5, 0.6) is 5.75 Å². The molecule has 6 nitrogen and oxygen atoms in total. The zero-order valence-electron chi connectivity index (χ0n) is 10.8. The maximum atomic E-state index is 12.3. The number of nitrogens with zero attached hydrogens (tertiary/aromatic N) is 1. The number of methoxy groups -OCH3 is 1. The van der Waals surface area contributed by atoms with Crippen LogP contribution < -0.4 is 10.5 Å². The Morgan fingerprint density at radius 2 is 2.42 bits per heavy atom. The molecule has 0 saturated carbocycles. The highest BCUT2D eigenvalue weighted by molar-refractivity contribution is 5.95. The molecule has 0 aliphatic carbocycles. The fourth-order valence-corrected chi connectivity index (χ4v) is 2.06. The third-order valence-corrected chi connectivity index (χ3v) is 3.11. The summed E-state index contributed by atoms with van der Waals surface area (Å²) in [6.45, 7) is 1.25. The number of carbonyl (C=O) groups is 1. The van der Waals surface area contributed by atoms with Crippen LogP contribution in [0.1, 0.15) is 10.4 Å². The van der Waals surface area contributed by atoms with Crippen LogP contribution in [-0.2, 0) is 4.74 Å². The zero-order valence-corrected chi connectivity index (χ0v) is 10.8. The summed E-state index contributed by atoms with van der Waals surface area (Å²) in [5.41, 5.74) is 6.73. The van der Waals surface area contributed by atoms with Crippen molar-refractivity contribution in [1.82, 2.24) is 4.90 Å². The number of hydrogen-bond donors (Lipinski definition) is 2. The first-order valence-corrected chi connectivity index (χ1v) is 6.11. The van der Waals surface area contributed by atoms with Gasteiger partial charge in [0.15, 0.2) is 0 Å². The van der Waals surface area contributed by atoms with E-state index in [1.807, 2.05) is 0 Å². The van der Waals surface area contributed by atoms with Gasteiger partial charge in [0.2, 0.25) is 0 Å². The minimum absolute atomic E-state index is 0.0888. The molecule has 1 aromatic carbocycles. The quantitative estimate of drug-likeness (QED) is 0.759. The lowest BCUT2D eigenvalue weighted by Crippen LogP contribution is -2.46. The molecule has 1 unspecified atom stereocenters. The second-order valence-electron chi connectivity index (χ2n) is 4.38. The normalized spacial score (nSPS) is 19.3. The van der Waals surface area contributed by atoms with E-state index in [1.54, 1.807) is 23.1 Å². The van der Waals surface area contributed by atoms with Crippen molar-refractivity contribution >= 4 is 11.6 Å². The number of aliphatic hydroxyl groups is 1. The third-order valence-electron chi connectivity index (χ3n) is 3.11. The SMILES string of the molecule is COc1ccc(C(=O)N2CCOC(CO)C2)cc1N. The molecule has 1 saturated heterocycles. The van der Waals surface area contributed by atoms with E-state index >= 15 is 0 Å². The fourth-order valence-electron chi connectivity index (χ4n) is 2.06. The summed E-state index contributed by atoms with van der Waals surface area (Å²) in [6.07, 6.45) is -0.312. The molecule has 0 bridgehead atoms. The summed E-state index contributed by atoms with van der Waals surface area (Å²) < 4.78 is 10.4. The Morgan fingerprint density at radius 1 is 1.63 bits per heavy atom. The van der Waals surface area contributed by atoms with Gasteiger partial charge in [-0.05, 0) is 18.2 Å². The molecule has 1 aliphatic rings. The van der Waals surface area contributed by atoms with E-state index in [9.17, 15) is 4.79 Å². The van der Waals surface area contributed by atoms with Gasteiger partial charge in [-0.1, -0.05) is 0 Å². The molecule has 1 aliphatic heterocycles. The van der Waals surface area contributed by atoms with Crippen molar-refractivity contribution in [2.45, 2.75) is 6.10 Å². The molecule has 1 atom stereocenters. The van der Waals surface area contributed by atoms with E-state index in [1.165, 1.54) is 7.11 Å². The van der Waals surface area contributed by atoms with Gasteiger partial charge in [0.1, 0.15) is 5.75 Å². The molecule has 6 heteroatoms. The number of hydrogen-bond acceptors (Lipinski definition) is 5. The highest BCUT2D eigenvalue weighted by Crippen LogP contribution is 2.23. The van der Waals surface area contributed by atoms with Crippen molar-refractivity contribution in [3.8, 4) is 5.75 Å². The number of nitrogens with two attached hydrogens (primary N) is 1. The standard InChI is InChI=1S/C13H18N2O4/c1-18-12-3-2-9(6-11(12)14)13(17)15-4-5-19-10(7-15)8-16/h2-3,6,10,16H,4-5,7-8,14H2,1H3. The van der Waals surface area contributed by atoms with E-state index in [-0.39, 0.29) is 18.6 Å². The molecule has 3 N–H and O–H groups in total. The van der Waals surface area contributed by atoms with Crippen LogP contribution in [0.2, 0.25) is 0 Å². The van der Waals surface area contributed by atoms with Crippen molar-refractivity contribution < 1.29 is 19.4 Å². The van der Waals surface area contributed by atoms with Crippen LogP contribution in [-0.4, -0.2) is 55.4 Å². The Kier molecular flexibility index (Phi) is 4.24. The number of carbonyl (C=O) groups excluding carboxylic acids is 1. The monoisotopic (exact) mass is 266 g/mol. The summed E-state index contributed by atoms with van der Waals surface area (Å²) in [4.78, 5) is 14.0. The molecule has 1 aromatic rings. The smallest absolute Gasteiger partial charge is 0.254 e. The molecule has 2 rings (SSSR count). The molecule has 0 spiro atoms. The maximum absolute atomic E-state index is 12.3. The molecule has 0 radical (unpaired) electrons. The van der Waals surface area contributed by atoms with Crippen molar-refractivity contribution in [3.63, 3.8) is 0 Å². The molecular weight excluding hydrogens is 248 g/mol. The Labute approximate surface area is 111 Å². The van der Waals surface area contributed by atoms with Gasteiger partial charge in [0.05, 0.1) is 32.1 Å². The first-order valence-electron chi connectivity index (χ1n) is 6.11. The predicted molar refractivity (Wildman–Crippen MR) is 70.1 cm³/mol. The van der Waals surface area contributed by atoms with E-state index in [2.05, 4.69) is 0 Å². The Morgan fingerprint density at radius 3 is 3.05 bits per heavy atom. The summed E-state index contributed by atoms with van der Waals surface area (Å²) in [7, 11) is 1.53. The van der Waals surface area contributed by atoms with E-state index in [0.29, 0.717) is 36.7 Å². The number of aliphatic hydroxyl groups excluding tert-OH is 1. The van der Waals surface area contributed by atoms with Gasteiger partial charge in [-0.15, -0.1) is 0 Å². The van der Waals surface area contributed by atoms with Gasteiger partial charge in [0.25, 0.3) is 5.91 Å². The molecular formula is C13H18N2O4. The number of ether oxygens (including phenoxy) is 2. The van der Waals surface area contributed by atoms with E-state index in [0.717, 1.165) is 0 Å². The highest BCUT2D eigenvalue weighted by atomic mass is 16.5. The molecule has 1 amide bonds. The van der Waals surface area contributed by atoms with Crippen LogP contribution in [0.15, 0.2) is 18.2 Å². The minimum atomic E-state index is -0.312. The summed E-state index contributed by atoms with van der Waals surface area (Å²) in [6, 6.07) is 4.96. The van der Waals surface area contributed by atoms with Gasteiger partial charge in [0, 0.05) is 18.7 Å². The van der Waals surface area contributed by atoms with Gasteiger partial charge in [-0.3, -0.25) is 4.79 Å². The number of anilines is 1.